The van der Waals surface area contributed by atoms with Gasteiger partial charge in [0.15, 0.2) is 0 Å². The summed E-state index contributed by atoms with van der Waals surface area (Å²) in [5.41, 5.74) is 0. The third kappa shape index (κ3) is 5.46. The van der Waals surface area contributed by atoms with Gasteiger partial charge in [-0.3, -0.25) is 14.5 Å². The zero-order valence-corrected chi connectivity index (χ0v) is 14.6. The van der Waals surface area contributed by atoms with Crippen LogP contribution in [0.4, 0.5) is 0 Å². The van der Waals surface area contributed by atoms with Crippen molar-refractivity contribution in [3.05, 3.63) is 0 Å². The van der Waals surface area contributed by atoms with Crippen molar-refractivity contribution in [2.75, 3.05) is 39.4 Å². The quantitative estimate of drug-likeness (QED) is 0.710. The van der Waals surface area contributed by atoms with Gasteiger partial charge in [-0.25, -0.2) is 0 Å². The average molecular weight is 325 g/mol. The number of carbonyl (C=O) groups excluding carboxylic acids is 2. The molecule has 0 bridgehead atoms. The van der Waals surface area contributed by atoms with E-state index in [0.717, 1.165) is 32.4 Å². The molecule has 1 atom stereocenters. The lowest BCUT2D eigenvalue weighted by atomic mass is 10.2. The topological polar surface area (TPSA) is 61.9 Å². The predicted molar refractivity (Wildman–Crippen MR) is 89.1 cm³/mol. The number of amides is 2. The molecular weight excluding hydrogens is 294 g/mol. The van der Waals surface area contributed by atoms with E-state index in [2.05, 4.69) is 10.2 Å². The van der Waals surface area contributed by atoms with Gasteiger partial charge >= 0.3 is 0 Å². The smallest absolute Gasteiger partial charge is 0.248 e. The van der Waals surface area contributed by atoms with Gasteiger partial charge in [-0.05, 0) is 26.2 Å². The van der Waals surface area contributed by atoms with Crippen LogP contribution >= 0.6 is 0 Å². The van der Waals surface area contributed by atoms with E-state index in [1.54, 1.807) is 0 Å². The van der Waals surface area contributed by atoms with Crippen LogP contribution in [0.5, 0.6) is 0 Å². The number of ether oxygens (including phenoxy) is 1. The van der Waals surface area contributed by atoms with Crippen LogP contribution in [0.1, 0.15) is 46.0 Å². The van der Waals surface area contributed by atoms with Crippen LogP contribution in [0, 0.1) is 0 Å². The molecule has 1 heterocycles. The minimum Gasteiger partial charge on any atom is -0.372 e. The molecule has 0 aromatic carbocycles. The van der Waals surface area contributed by atoms with Gasteiger partial charge in [-0.1, -0.05) is 19.8 Å². The average Bonchev–Trinajstić information content (AvgIpc) is 3.07. The Kier molecular flexibility index (Phi) is 7.30. The van der Waals surface area contributed by atoms with Gasteiger partial charge in [0.1, 0.15) is 6.61 Å². The molecule has 1 aliphatic heterocycles. The Balaban J connectivity index is 1.70. The maximum absolute atomic E-state index is 12.3. The van der Waals surface area contributed by atoms with Crippen molar-refractivity contribution >= 4 is 11.8 Å². The highest BCUT2D eigenvalue weighted by Crippen LogP contribution is 2.18. The lowest BCUT2D eigenvalue weighted by Gasteiger charge is -2.37. The van der Waals surface area contributed by atoms with Crippen LogP contribution < -0.4 is 5.32 Å². The summed E-state index contributed by atoms with van der Waals surface area (Å²) >= 11 is 0. The summed E-state index contributed by atoms with van der Waals surface area (Å²) in [6.45, 7) is 7.64. The molecule has 0 aromatic heterocycles. The molecule has 1 N–H and O–H groups in total. The number of nitrogens with zero attached hydrogens (tertiary/aromatic N) is 2. The van der Waals surface area contributed by atoms with Gasteiger partial charge in [0, 0.05) is 38.8 Å². The van der Waals surface area contributed by atoms with E-state index >= 15 is 0 Å². The van der Waals surface area contributed by atoms with Crippen LogP contribution in [0.25, 0.3) is 0 Å². The normalized spacial score (nSPS) is 21.4. The number of hydrogen-bond donors (Lipinski definition) is 1. The molecule has 2 aliphatic rings. The molecule has 0 unspecified atom stereocenters. The molecule has 1 saturated carbocycles. The first-order valence-corrected chi connectivity index (χ1v) is 9.01. The van der Waals surface area contributed by atoms with Crippen LogP contribution in [0.2, 0.25) is 0 Å². The Hall–Kier alpha value is -1.14. The summed E-state index contributed by atoms with van der Waals surface area (Å²) in [5, 5.41) is 3.16. The second-order valence-corrected chi connectivity index (χ2v) is 6.64. The van der Waals surface area contributed by atoms with Gasteiger partial charge in [0.2, 0.25) is 11.8 Å². The van der Waals surface area contributed by atoms with E-state index in [1.165, 1.54) is 12.8 Å². The first-order chi connectivity index (χ1) is 11.1. The van der Waals surface area contributed by atoms with Crippen molar-refractivity contribution in [3.63, 3.8) is 0 Å². The summed E-state index contributed by atoms with van der Waals surface area (Å²) in [7, 11) is 0. The van der Waals surface area contributed by atoms with Crippen molar-refractivity contribution in [1.82, 2.24) is 15.1 Å². The standard InChI is InChI=1S/C17H31N3O3/c1-3-12-23-13-16(21)20-10-8-19(9-11-20)14(2)17(22)18-15-6-4-5-7-15/h14-15H,3-13H2,1-2H3,(H,18,22)/t14-/m1/s1. The highest BCUT2D eigenvalue weighted by atomic mass is 16.5. The zero-order valence-electron chi connectivity index (χ0n) is 14.6. The summed E-state index contributed by atoms with van der Waals surface area (Å²) in [6.07, 6.45) is 5.59. The van der Waals surface area contributed by atoms with Crippen molar-refractivity contribution in [2.24, 2.45) is 0 Å². The lowest BCUT2D eigenvalue weighted by Crippen LogP contribution is -2.56. The van der Waals surface area contributed by atoms with Gasteiger partial charge in [0.05, 0.1) is 6.04 Å². The Bertz CT molecular complexity index is 389. The second kappa shape index (κ2) is 9.23. The zero-order chi connectivity index (χ0) is 16.7. The Morgan fingerprint density at radius 3 is 2.43 bits per heavy atom. The Morgan fingerprint density at radius 1 is 1.17 bits per heavy atom. The van der Waals surface area contributed by atoms with E-state index in [9.17, 15) is 9.59 Å². The third-order valence-electron chi connectivity index (χ3n) is 4.87. The summed E-state index contributed by atoms with van der Waals surface area (Å²) in [5.74, 6) is 0.184. The van der Waals surface area contributed by atoms with Gasteiger partial charge in [-0.2, -0.15) is 0 Å². The molecule has 1 saturated heterocycles. The minimum atomic E-state index is -0.121. The number of nitrogens with one attached hydrogen (secondary N) is 1. The summed E-state index contributed by atoms with van der Waals surface area (Å²) < 4.78 is 5.32. The van der Waals surface area contributed by atoms with Gasteiger partial charge < -0.3 is 15.0 Å². The van der Waals surface area contributed by atoms with Crippen LogP contribution in [0.3, 0.4) is 0 Å². The Morgan fingerprint density at radius 2 is 1.83 bits per heavy atom. The largest absolute Gasteiger partial charge is 0.372 e. The lowest BCUT2D eigenvalue weighted by molar-refractivity contribution is -0.138. The van der Waals surface area contributed by atoms with E-state index in [-0.39, 0.29) is 24.5 Å². The summed E-state index contributed by atoms with van der Waals surface area (Å²) in [6, 6.07) is 0.243. The van der Waals surface area contributed by atoms with Crippen LogP contribution in [-0.4, -0.2) is 73.1 Å². The van der Waals surface area contributed by atoms with E-state index < -0.39 is 0 Å². The number of rotatable bonds is 7. The first-order valence-electron chi connectivity index (χ1n) is 9.01. The maximum Gasteiger partial charge on any atom is 0.248 e. The first kappa shape index (κ1) is 18.2. The molecule has 2 rings (SSSR count). The molecule has 0 aromatic rings. The van der Waals surface area contributed by atoms with E-state index in [1.807, 2.05) is 18.7 Å². The van der Waals surface area contributed by atoms with Crippen molar-refractivity contribution in [2.45, 2.75) is 58.0 Å². The fraction of sp³-hybridized carbons (Fsp3) is 0.882. The van der Waals surface area contributed by atoms with E-state index in [4.69, 9.17) is 4.74 Å². The number of carbonyl (C=O) groups is 2. The maximum atomic E-state index is 12.3. The monoisotopic (exact) mass is 325 g/mol. The highest BCUT2D eigenvalue weighted by molar-refractivity contribution is 5.81. The fourth-order valence-corrected chi connectivity index (χ4v) is 3.31. The molecule has 6 nitrogen and oxygen atoms in total. The SMILES string of the molecule is CCCOCC(=O)N1CCN([C@H](C)C(=O)NC2CCCC2)CC1. The molecule has 2 fully saturated rings. The third-order valence-corrected chi connectivity index (χ3v) is 4.87. The van der Waals surface area contributed by atoms with E-state index in [0.29, 0.717) is 25.7 Å². The fourth-order valence-electron chi connectivity index (χ4n) is 3.31. The molecule has 0 spiro atoms. The molecule has 132 valence electrons. The Labute approximate surface area is 139 Å². The summed E-state index contributed by atoms with van der Waals surface area (Å²) in [4.78, 5) is 28.4. The van der Waals surface area contributed by atoms with Crippen molar-refractivity contribution < 1.29 is 14.3 Å². The van der Waals surface area contributed by atoms with Gasteiger partial charge in [-0.15, -0.1) is 0 Å². The predicted octanol–water partition coefficient (Wildman–Crippen LogP) is 1.00. The second-order valence-electron chi connectivity index (χ2n) is 6.64. The molecule has 23 heavy (non-hydrogen) atoms. The molecule has 1 aliphatic carbocycles. The number of hydrogen-bond acceptors (Lipinski definition) is 4. The van der Waals surface area contributed by atoms with Crippen molar-refractivity contribution in [3.8, 4) is 0 Å². The van der Waals surface area contributed by atoms with Crippen LogP contribution in [-0.2, 0) is 14.3 Å². The minimum absolute atomic E-state index is 0.0566. The molecular formula is C17H31N3O3. The molecule has 2 amide bonds. The van der Waals surface area contributed by atoms with Gasteiger partial charge in [0.25, 0.3) is 0 Å². The highest BCUT2D eigenvalue weighted by Gasteiger charge is 2.28. The number of piperazine rings is 1. The molecule has 6 heteroatoms. The van der Waals surface area contributed by atoms with Crippen LogP contribution in [0.15, 0.2) is 0 Å². The molecule has 0 radical (unpaired) electrons. The van der Waals surface area contributed by atoms with Crippen molar-refractivity contribution in [1.29, 1.82) is 0 Å².